The molecule has 2 N–H and O–H groups in total. The van der Waals surface area contributed by atoms with Gasteiger partial charge in [-0.1, -0.05) is 6.07 Å². The Morgan fingerprint density at radius 1 is 1.21 bits per heavy atom. The second-order valence-corrected chi connectivity index (χ2v) is 5.94. The number of aryl methyl sites for hydroxylation is 1. The van der Waals surface area contributed by atoms with Crippen molar-refractivity contribution in [3.8, 4) is 0 Å². The first-order chi connectivity index (χ1) is 9.06. The zero-order chi connectivity index (χ0) is 13.8. The molecule has 3 nitrogen and oxygen atoms in total. The summed E-state index contributed by atoms with van der Waals surface area (Å²) in [5.41, 5.74) is 10.0. The molecule has 0 radical (unpaired) electrons. The molecule has 1 fully saturated rings. The Balaban J connectivity index is 2.10. The molecule has 19 heavy (non-hydrogen) atoms. The van der Waals surface area contributed by atoms with Crippen LogP contribution in [0.4, 0.5) is 5.69 Å². The minimum absolute atomic E-state index is 0.233. The minimum atomic E-state index is 0.233. The highest BCUT2D eigenvalue weighted by atomic mass is 15.2. The summed E-state index contributed by atoms with van der Waals surface area (Å²) in [6, 6.07) is 7.07. The second-order valence-electron chi connectivity index (χ2n) is 5.94. The standard InChI is InChI=1S/C16H27N3/c1-13-11-16(6-5-15(13)12-14(2)17)19-8-4-7-18(3)9-10-19/h5-6,11,14H,4,7-10,12,17H2,1-3H3. The molecular formula is C16H27N3. The Morgan fingerprint density at radius 3 is 2.68 bits per heavy atom. The summed E-state index contributed by atoms with van der Waals surface area (Å²) in [6.45, 7) is 8.92. The van der Waals surface area contributed by atoms with Crippen molar-refractivity contribution < 1.29 is 0 Å². The van der Waals surface area contributed by atoms with Crippen LogP contribution in [-0.4, -0.2) is 44.2 Å². The monoisotopic (exact) mass is 261 g/mol. The van der Waals surface area contributed by atoms with Gasteiger partial charge in [0.1, 0.15) is 0 Å². The van der Waals surface area contributed by atoms with Crippen molar-refractivity contribution >= 4 is 5.69 Å². The number of nitrogens with zero attached hydrogens (tertiary/aromatic N) is 2. The summed E-state index contributed by atoms with van der Waals surface area (Å²) in [6.07, 6.45) is 2.21. The van der Waals surface area contributed by atoms with E-state index in [1.807, 2.05) is 0 Å². The summed E-state index contributed by atoms with van der Waals surface area (Å²) in [4.78, 5) is 4.92. The fourth-order valence-electron chi connectivity index (χ4n) is 2.76. The van der Waals surface area contributed by atoms with Crippen LogP contribution >= 0.6 is 0 Å². The minimum Gasteiger partial charge on any atom is -0.370 e. The van der Waals surface area contributed by atoms with Crippen LogP contribution in [0.5, 0.6) is 0 Å². The molecule has 1 aliphatic heterocycles. The third kappa shape index (κ3) is 3.95. The summed E-state index contributed by atoms with van der Waals surface area (Å²) in [5, 5.41) is 0. The summed E-state index contributed by atoms with van der Waals surface area (Å²) in [5.74, 6) is 0. The lowest BCUT2D eigenvalue weighted by atomic mass is 10.0. The highest BCUT2D eigenvalue weighted by molar-refractivity contribution is 5.51. The molecule has 1 aromatic carbocycles. The van der Waals surface area contributed by atoms with Gasteiger partial charge < -0.3 is 15.5 Å². The first-order valence-corrected chi connectivity index (χ1v) is 7.35. The first kappa shape index (κ1) is 14.4. The van der Waals surface area contributed by atoms with Gasteiger partial charge in [0.15, 0.2) is 0 Å². The van der Waals surface area contributed by atoms with Gasteiger partial charge in [-0.15, -0.1) is 0 Å². The Labute approximate surface area is 117 Å². The molecule has 106 valence electrons. The van der Waals surface area contributed by atoms with E-state index in [-0.39, 0.29) is 6.04 Å². The van der Waals surface area contributed by atoms with Crippen LogP contribution < -0.4 is 10.6 Å². The van der Waals surface area contributed by atoms with Crippen LogP contribution in [-0.2, 0) is 6.42 Å². The largest absolute Gasteiger partial charge is 0.370 e. The van der Waals surface area contributed by atoms with Gasteiger partial charge in [0.2, 0.25) is 0 Å². The van der Waals surface area contributed by atoms with Crippen molar-refractivity contribution in [1.29, 1.82) is 0 Å². The Kier molecular flexibility index (Phi) is 4.83. The maximum absolute atomic E-state index is 5.89. The van der Waals surface area contributed by atoms with Crippen LogP contribution in [0.3, 0.4) is 0 Å². The predicted molar refractivity (Wildman–Crippen MR) is 82.9 cm³/mol. The third-order valence-electron chi connectivity index (χ3n) is 3.95. The lowest BCUT2D eigenvalue weighted by molar-refractivity contribution is 0.360. The normalized spacial score (nSPS) is 19.3. The highest BCUT2D eigenvalue weighted by Crippen LogP contribution is 2.21. The van der Waals surface area contributed by atoms with Crippen LogP contribution in [0.1, 0.15) is 24.5 Å². The highest BCUT2D eigenvalue weighted by Gasteiger charge is 2.13. The lowest BCUT2D eigenvalue weighted by Gasteiger charge is -2.24. The van der Waals surface area contributed by atoms with Crippen LogP contribution in [0, 0.1) is 6.92 Å². The number of anilines is 1. The first-order valence-electron chi connectivity index (χ1n) is 7.35. The van der Waals surface area contributed by atoms with Gasteiger partial charge in [-0.25, -0.2) is 0 Å². The second kappa shape index (κ2) is 6.40. The number of rotatable bonds is 3. The van der Waals surface area contributed by atoms with E-state index in [4.69, 9.17) is 5.73 Å². The quantitative estimate of drug-likeness (QED) is 0.903. The SMILES string of the molecule is Cc1cc(N2CCCN(C)CC2)ccc1CC(C)N. The molecule has 0 bridgehead atoms. The molecule has 1 heterocycles. The van der Waals surface area contributed by atoms with Crippen LogP contribution in [0.25, 0.3) is 0 Å². The number of hydrogen-bond donors (Lipinski definition) is 1. The average molecular weight is 261 g/mol. The smallest absolute Gasteiger partial charge is 0.0369 e. The molecule has 1 atom stereocenters. The fourth-order valence-corrected chi connectivity index (χ4v) is 2.76. The number of likely N-dealkylation sites (N-methyl/N-ethyl adjacent to an activating group) is 1. The molecule has 1 unspecified atom stereocenters. The van der Waals surface area contributed by atoms with Gasteiger partial charge in [-0.05, 0) is 63.5 Å². The zero-order valence-corrected chi connectivity index (χ0v) is 12.5. The Hall–Kier alpha value is -1.06. The predicted octanol–water partition coefficient (Wildman–Crippen LogP) is 2.03. The maximum atomic E-state index is 5.89. The van der Waals surface area contributed by atoms with E-state index in [0.29, 0.717) is 0 Å². The Morgan fingerprint density at radius 2 is 2.00 bits per heavy atom. The van der Waals surface area contributed by atoms with E-state index in [1.165, 1.54) is 29.8 Å². The molecule has 0 aliphatic carbocycles. The number of hydrogen-bond acceptors (Lipinski definition) is 3. The van der Waals surface area contributed by atoms with E-state index < -0.39 is 0 Å². The number of nitrogens with two attached hydrogens (primary N) is 1. The van der Waals surface area contributed by atoms with Crippen LogP contribution in [0.2, 0.25) is 0 Å². The van der Waals surface area contributed by atoms with Crippen molar-refractivity contribution in [3.05, 3.63) is 29.3 Å². The summed E-state index contributed by atoms with van der Waals surface area (Å²) < 4.78 is 0. The molecule has 3 heteroatoms. The van der Waals surface area contributed by atoms with E-state index in [0.717, 1.165) is 26.1 Å². The van der Waals surface area contributed by atoms with E-state index >= 15 is 0 Å². The van der Waals surface area contributed by atoms with Crippen molar-refractivity contribution in [1.82, 2.24) is 4.90 Å². The van der Waals surface area contributed by atoms with E-state index in [9.17, 15) is 0 Å². The molecule has 1 aromatic rings. The zero-order valence-electron chi connectivity index (χ0n) is 12.5. The van der Waals surface area contributed by atoms with E-state index in [1.54, 1.807) is 0 Å². The summed E-state index contributed by atoms with van der Waals surface area (Å²) >= 11 is 0. The van der Waals surface area contributed by atoms with Crippen molar-refractivity contribution in [3.63, 3.8) is 0 Å². The van der Waals surface area contributed by atoms with E-state index in [2.05, 4.69) is 48.9 Å². The Bertz CT molecular complexity index is 414. The molecule has 0 amide bonds. The van der Waals surface area contributed by atoms with Crippen molar-refractivity contribution in [2.24, 2.45) is 5.73 Å². The average Bonchev–Trinajstić information content (AvgIpc) is 2.56. The van der Waals surface area contributed by atoms with Crippen molar-refractivity contribution in [2.75, 3.05) is 38.1 Å². The molecule has 1 aliphatic rings. The molecule has 0 saturated carbocycles. The van der Waals surface area contributed by atoms with Gasteiger partial charge in [-0.2, -0.15) is 0 Å². The third-order valence-corrected chi connectivity index (χ3v) is 3.95. The van der Waals surface area contributed by atoms with Crippen LogP contribution in [0.15, 0.2) is 18.2 Å². The molecule has 0 spiro atoms. The fraction of sp³-hybridized carbons (Fsp3) is 0.625. The van der Waals surface area contributed by atoms with Gasteiger partial charge >= 0.3 is 0 Å². The van der Waals surface area contributed by atoms with Gasteiger partial charge in [-0.3, -0.25) is 0 Å². The molecule has 2 rings (SSSR count). The van der Waals surface area contributed by atoms with Gasteiger partial charge in [0.05, 0.1) is 0 Å². The van der Waals surface area contributed by atoms with Crippen molar-refractivity contribution in [2.45, 2.75) is 32.7 Å². The topological polar surface area (TPSA) is 32.5 Å². The molecular weight excluding hydrogens is 234 g/mol. The molecule has 0 aromatic heterocycles. The lowest BCUT2D eigenvalue weighted by Crippen LogP contribution is -2.28. The molecule has 1 saturated heterocycles. The van der Waals surface area contributed by atoms with Gasteiger partial charge in [0, 0.05) is 31.4 Å². The number of benzene rings is 1. The maximum Gasteiger partial charge on any atom is 0.0369 e. The summed E-state index contributed by atoms with van der Waals surface area (Å²) in [7, 11) is 2.21. The van der Waals surface area contributed by atoms with Gasteiger partial charge in [0.25, 0.3) is 0 Å².